The Morgan fingerprint density at radius 3 is 2.64 bits per heavy atom. The second kappa shape index (κ2) is 9.12. The van der Waals surface area contributed by atoms with E-state index in [0.717, 1.165) is 11.4 Å². The van der Waals surface area contributed by atoms with Crippen molar-refractivity contribution in [2.24, 2.45) is 5.92 Å². The predicted molar refractivity (Wildman–Crippen MR) is 108 cm³/mol. The summed E-state index contributed by atoms with van der Waals surface area (Å²) in [6, 6.07) is 14.4. The first-order valence-electron chi connectivity index (χ1n) is 9.31. The summed E-state index contributed by atoms with van der Waals surface area (Å²) >= 11 is 0. The zero-order chi connectivity index (χ0) is 19.9. The van der Waals surface area contributed by atoms with Gasteiger partial charge in [0, 0.05) is 31.1 Å². The van der Waals surface area contributed by atoms with Crippen LogP contribution in [-0.4, -0.2) is 38.7 Å². The van der Waals surface area contributed by atoms with Gasteiger partial charge >= 0.3 is 6.03 Å². The number of rotatable bonds is 7. The van der Waals surface area contributed by atoms with Crippen LogP contribution in [0.3, 0.4) is 0 Å². The number of nitrogens with one attached hydrogen (secondary N) is 2. The van der Waals surface area contributed by atoms with Crippen LogP contribution >= 0.6 is 0 Å². The molecule has 0 unspecified atom stereocenters. The van der Waals surface area contributed by atoms with Crippen molar-refractivity contribution >= 4 is 23.3 Å². The Morgan fingerprint density at radius 1 is 1.18 bits per heavy atom. The molecule has 0 aliphatic carbocycles. The van der Waals surface area contributed by atoms with Gasteiger partial charge in [-0.15, -0.1) is 0 Å². The lowest BCUT2D eigenvalue weighted by Gasteiger charge is -2.17. The summed E-state index contributed by atoms with van der Waals surface area (Å²) in [5, 5.41) is 5.65. The second-order valence-corrected chi connectivity index (χ2v) is 6.54. The third-order valence-corrected chi connectivity index (χ3v) is 4.58. The Hall–Kier alpha value is -3.22. The van der Waals surface area contributed by atoms with Gasteiger partial charge < -0.3 is 25.0 Å². The quantitative estimate of drug-likeness (QED) is 0.769. The molecule has 0 aromatic heterocycles. The van der Waals surface area contributed by atoms with E-state index in [2.05, 4.69) is 10.6 Å². The molecule has 2 aromatic carbocycles. The lowest BCUT2D eigenvalue weighted by Crippen LogP contribution is -2.34. The minimum atomic E-state index is -0.317. The number of methoxy groups -OCH3 is 1. The van der Waals surface area contributed by atoms with Gasteiger partial charge in [-0.2, -0.15) is 0 Å². The van der Waals surface area contributed by atoms with Gasteiger partial charge in [0.25, 0.3) is 0 Å². The van der Waals surface area contributed by atoms with Crippen LogP contribution in [-0.2, 0) is 4.79 Å². The maximum Gasteiger partial charge on any atom is 0.319 e. The molecule has 148 valence electrons. The summed E-state index contributed by atoms with van der Waals surface area (Å²) in [6.07, 6.45) is 0.405. The summed E-state index contributed by atoms with van der Waals surface area (Å²) in [4.78, 5) is 26.3. The van der Waals surface area contributed by atoms with E-state index in [-0.39, 0.29) is 17.9 Å². The average Bonchev–Trinajstić information content (AvgIpc) is 3.09. The van der Waals surface area contributed by atoms with Gasteiger partial charge in [-0.25, -0.2) is 4.79 Å². The van der Waals surface area contributed by atoms with E-state index in [1.807, 2.05) is 49.4 Å². The zero-order valence-electron chi connectivity index (χ0n) is 16.1. The molecule has 1 aliphatic rings. The molecule has 0 bridgehead atoms. The molecule has 1 atom stereocenters. The van der Waals surface area contributed by atoms with Crippen LogP contribution in [0.15, 0.2) is 48.5 Å². The van der Waals surface area contributed by atoms with Crippen molar-refractivity contribution < 1.29 is 19.1 Å². The Labute approximate surface area is 164 Å². The largest absolute Gasteiger partial charge is 0.497 e. The standard InChI is InChI=1S/C21H25N3O4/c1-3-28-19-7-5-4-6-18(19)23-21(26)22-13-15-12-20(25)24(14-15)16-8-10-17(27-2)11-9-16/h4-11,15H,3,12-14H2,1-2H3,(H2,22,23,26)/t15-/m0/s1. The summed E-state index contributed by atoms with van der Waals surface area (Å²) in [5.41, 5.74) is 1.45. The molecule has 3 rings (SSSR count). The van der Waals surface area contributed by atoms with E-state index in [0.29, 0.717) is 37.6 Å². The highest BCUT2D eigenvalue weighted by atomic mass is 16.5. The third-order valence-electron chi connectivity index (χ3n) is 4.58. The Balaban J connectivity index is 1.52. The van der Waals surface area contributed by atoms with Gasteiger partial charge in [-0.1, -0.05) is 12.1 Å². The van der Waals surface area contributed by atoms with Crippen molar-refractivity contribution in [3.63, 3.8) is 0 Å². The first kappa shape index (κ1) is 19.5. The molecule has 7 heteroatoms. The van der Waals surface area contributed by atoms with E-state index in [1.165, 1.54) is 0 Å². The lowest BCUT2D eigenvalue weighted by atomic mass is 10.1. The minimum absolute atomic E-state index is 0.0547. The van der Waals surface area contributed by atoms with Crippen molar-refractivity contribution in [3.8, 4) is 11.5 Å². The molecule has 2 N–H and O–H groups in total. The molecule has 1 fully saturated rings. The predicted octanol–water partition coefficient (Wildman–Crippen LogP) is 3.27. The van der Waals surface area contributed by atoms with Crippen LogP contribution < -0.4 is 25.0 Å². The molecular formula is C21H25N3O4. The zero-order valence-corrected chi connectivity index (χ0v) is 16.1. The van der Waals surface area contributed by atoms with E-state index >= 15 is 0 Å². The van der Waals surface area contributed by atoms with Crippen molar-refractivity contribution in [2.45, 2.75) is 13.3 Å². The van der Waals surface area contributed by atoms with Gasteiger partial charge in [0.05, 0.1) is 19.4 Å². The van der Waals surface area contributed by atoms with Gasteiger partial charge in [0.2, 0.25) is 5.91 Å². The minimum Gasteiger partial charge on any atom is -0.497 e. The number of amides is 3. The highest BCUT2D eigenvalue weighted by Gasteiger charge is 2.30. The molecule has 2 aromatic rings. The monoisotopic (exact) mass is 383 g/mol. The van der Waals surface area contributed by atoms with E-state index in [9.17, 15) is 9.59 Å². The lowest BCUT2D eigenvalue weighted by molar-refractivity contribution is -0.117. The van der Waals surface area contributed by atoms with Crippen LogP contribution in [0.5, 0.6) is 11.5 Å². The smallest absolute Gasteiger partial charge is 0.319 e. The molecule has 0 saturated carbocycles. The first-order chi connectivity index (χ1) is 13.6. The maximum absolute atomic E-state index is 12.3. The third kappa shape index (κ3) is 4.73. The van der Waals surface area contributed by atoms with Crippen molar-refractivity contribution in [1.29, 1.82) is 0 Å². The molecule has 3 amide bonds. The number of carbonyl (C=O) groups is 2. The highest BCUT2D eigenvalue weighted by Crippen LogP contribution is 2.27. The van der Waals surface area contributed by atoms with E-state index < -0.39 is 0 Å². The number of hydrogen-bond donors (Lipinski definition) is 2. The summed E-state index contributed by atoms with van der Waals surface area (Å²) in [5.74, 6) is 1.49. The summed E-state index contributed by atoms with van der Waals surface area (Å²) in [6.45, 7) is 3.40. The van der Waals surface area contributed by atoms with Crippen LogP contribution in [0.25, 0.3) is 0 Å². The van der Waals surface area contributed by atoms with Crippen molar-refractivity contribution in [3.05, 3.63) is 48.5 Å². The fourth-order valence-electron chi connectivity index (χ4n) is 3.18. The van der Waals surface area contributed by atoms with Gasteiger partial charge in [0.15, 0.2) is 0 Å². The van der Waals surface area contributed by atoms with Crippen molar-refractivity contribution in [1.82, 2.24) is 5.32 Å². The van der Waals surface area contributed by atoms with E-state index in [4.69, 9.17) is 9.47 Å². The Morgan fingerprint density at radius 2 is 1.93 bits per heavy atom. The molecule has 0 spiro atoms. The number of anilines is 2. The molecule has 1 heterocycles. The van der Waals surface area contributed by atoms with Crippen LogP contribution in [0.4, 0.5) is 16.2 Å². The normalized spacial score (nSPS) is 16.0. The maximum atomic E-state index is 12.3. The van der Waals surface area contributed by atoms with Gasteiger partial charge in [-0.05, 0) is 43.3 Å². The van der Waals surface area contributed by atoms with Gasteiger partial charge in [-0.3, -0.25) is 4.79 Å². The molecule has 1 saturated heterocycles. The number of urea groups is 1. The Kier molecular flexibility index (Phi) is 6.37. The first-order valence-corrected chi connectivity index (χ1v) is 9.31. The topological polar surface area (TPSA) is 79.9 Å². The number of hydrogen-bond acceptors (Lipinski definition) is 4. The summed E-state index contributed by atoms with van der Waals surface area (Å²) < 4.78 is 10.7. The summed E-state index contributed by atoms with van der Waals surface area (Å²) in [7, 11) is 1.61. The average molecular weight is 383 g/mol. The molecule has 28 heavy (non-hydrogen) atoms. The molecule has 0 radical (unpaired) electrons. The van der Waals surface area contributed by atoms with Gasteiger partial charge in [0.1, 0.15) is 11.5 Å². The van der Waals surface area contributed by atoms with Crippen LogP contribution in [0, 0.1) is 5.92 Å². The fraction of sp³-hybridized carbons (Fsp3) is 0.333. The highest BCUT2D eigenvalue weighted by molar-refractivity contribution is 5.96. The second-order valence-electron chi connectivity index (χ2n) is 6.54. The number of ether oxygens (including phenoxy) is 2. The number of carbonyl (C=O) groups excluding carboxylic acids is 2. The molecule has 7 nitrogen and oxygen atoms in total. The number of para-hydroxylation sites is 2. The SMILES string of the molecule is CCOc1ccccc1NC(=O)NC[C@@H]1CC(=O)N(c2ccc(OC)cc2)C1. The molecule has 1 aliphatic heterocycles. The Bertz CT molecular complexity index is 823. The van der Waals surface area contributed by atoms with Crippen molar-refractivity contribution in [2.75, 3.05) is 37.0 Å². The number of nitrogens with zero attached hydrogens (tertiary/aromatic N) is 1. The van der Waals surface area contributed by atoms with Crippen LogP contribution in [0.2, 0.25) is 0 Å². The van der Waals surface area contributed by atoms with Crippen LogP contribution in [0.1, 0.15) is 13.3 Å². The fourth-order valence-corrected chi connectivity index (χ4v) is 3.18. The molecular weight excluding hydrogens is 358 g/mol. The van der Waals surface area contributed by atoms with E-state index in [1.54, 1.807) is 18.1 Å². The number of benzene rings is 2.